The SMILES string of the molecule is Cc1cn(-c2ccc(OC(C)C)cc2)c2ccccc12. The summed E-state index contributed by atoms with van der Waals surface area (Å²) in [7, 11) is 0. The molecule has 3 aromatic rings. The fourth-order valence-corrected chi connectivity index (χ4v) is 2.52. The fourth-order valence-electron chi connectivity index (χ4n) is 2.52. The molecule has 0 saturated carbocycles. The third-order valence-corrected chi connectivity index (χ3v) is 3.40. The van der Waals surface area contributed by atoms with E-state index in [0.717, 1.165) is 11.4 Å². The lowest BCUT2D eigenvalue weighted by Crippen LogP contribution is -2.05. The smallest absolute Gasteiger partial charge is 0.119 e. The van der Waals surface area contributed by atoms with Crippen LogP contribution in [0.25, 0.3) is 16.6 Å². The molecular weight excluding hydrogens is 246 g/mol. The molecule has 0 atom stereocenters. The predicted molar refractivity (Wildman–Crippen MR) is 83.8 cm³/mol. The Hall–Kier alpha value is -2.22. The van der Waals surface area contributed by atoms with Crippen LogP contribution in [0.15, 0.2) is 54.7 Å². The van der Waals surface area contributed by atoms with Crippen LogP contribution in [0.1, 0.15) is 19.4 Å². The van der Waals surface area contributed by atoms with Gasteiger partial charge in [0.1, 0.15) is 5.75 Å². The second-order valence-corrected chi connectivity index (χ2v) is 5.36. The highest BCUT2D eigenvalue weighted by Crippen LogP contribution is 2.25. The summed E-state index contributed by atoms with van der Waals surface area (Å²) in [6.07, 6.45) is 2.39. The normalized spacial score (nSPS) is 11.2. The summed E-state index contributed by atoms with van der Waals surface area (Å²) >= 11 is 0. The highest BCUT2D eigenvalue weighted by atomic mass is 16.5. The lowest BCUT2D eigenvalue weighted by Gasteiger charge is -2.11. The summed E-state index contributed by atoms with van der Waals surface area (Å²) < 4.78 is 7.91. The van der Waals surface area contributed by atoms with Gasteiger partial charge in [0.25, 0.3) is 0 Å². The van der Waals surface area contributed by atoms with Gasteiger partial charge < -0.3 is 9.30 Å². The Labute approximate surface area is 119 Å². The van der Waals surface area contributed by atoms with Crippen molar-refractivity contribution in [3.8, 4) is 11.4 Å². The van der Waals surface area contributed by atoms with Crippen LogP contribution in [-0.2, 0) is 0 Å². The standard InChI is InChI=1S/C18H19NO/c1-13(2)20-16-10-8-15(9-11-16)19-12-14(3)17-6-4-5-7-18(17)19/h4-13H,1-3H3. The van der Waals surface area contributed by atoms with Gasteiger partial charge in [-0.2, -0.15) is 0 Å². The number of hydrogen-bond donors (Lipinski definition) is 0. The predicted octanol–water partition coefficient (Wildman–Crippen LogP) is 4.73. The number of aryl methyl sites for hydroxylation is 1. The van der Waals surface area contributed by atoms with E-state index in [1.54, 1.807) is 0 Å². The molecule has 0 amide bonds. The van der Waals surface area contributed by atoms with Gasteiger partial charge in [-0.05, 0) is 56.7 Å². The topological polar surface area (TPSA) is 14.2 Å². The Morgan fingerprint density at radius 2 is 1.65 bits per heavy atom. The first-order valence-electron chi connectivity index (χ1n) is 6.99. The molecule has 0 radical (unpaired) electrons. The molecule has 0 fully saturated rings. The van der Waals surface area contributed by atoms with Crippen molar-refractivity contribution >= 4 is 10.9 Å². The number of nitrogens with zero attached hydrogens (tertiary/aromatic N) is 1. The van der Waals surface area contributed by atoms with E-state index in [1.165, 1.54) is 16.5 Å². The highest BCUT2D eigenvalue weighted by Gasteiger charge is 2.06. The number of rotatable bonds is 3. The molecule has 2 nitrogen and oxygen atoms in total. The molecule has 102 valence electrons. The van der Waals surface area contributed by atoms with E-state index in [1.807, 2.05) is 26.0 Å². The van der Waals surface area contributed by atoms with Crippen molar-refractivity contribution in [3.63, 3.8) is 0 Å². The van der Waals surface area contributed by atoms with Gasteiger partial charge in [0.05, 0.1) is 11.6 Å². The second kappa shape index (κ2) is 5.04. The van der Waals surface area contributed by atoms with Gasteiger partial charge >= 0.3 is 0 Å². The number of benzene rings is 2. The minimum absolute atomic E-state index is 0.204. The molecule has 0 aliphatic rings. The van der Waals surface area contributed by atoms with E-state index in [2.05, 4.69) is 54.1 Å². The minimum atomic E-state index is 0.204. The zero-order chi connectivity index (χ0) is 14.1. The van der Waals surface area contributed by atoms with Gasteiger partial charge in [-0.15, -0.1) is 0 Å². The van der Waals surface area contributed by atoms with E-state index in [4.69, 9.17) is 4.74 Å². The average Bonchev–Trinajstić information content (AvgIpc) is 2.77. The van der Waals surface area contributed by atoms with Crippen LogP contribution < -0.4 is 4.74 Å². The molecule has 0 spiro atoms. The summed E-state index contributed by atoms with van der Waals surface area (Å²) in [6, 6.07) is 16.7. The average molecular weight is 265 g/mol. The number of fused-ring (bicyclic) bond motifs is 1. The number of para-hydroxylation sites is 1. The maximum absolute atomic E-state index is 5.69. The van der Waals surface area contributed by atoms with Crippen LogP contribution in [0, 0.1) is 6.92 Å². The van der Waals surface area contributed by atoms with Crippen molar-refractivity contribution in [2.45, 2.75) is 26.9 Å². The number of ether oxygens (including phenoxy) is 1. The molecule has 2 heteroatoms. The van der Waals surface area contributed by atoms with Crippen molar-refractivity contribution in [3.05, 3.63) is 60.3 Å². The Bertz CT molecular complexity index is 723. The quantitative estimate of drug-likeness (QED) is 0.668. The van der Waals surface area contributed by atoms with E-state index < -0.39 is 0 Å². The van der Waals surface area contributed by atoms with E-state index in [0.29, 0.717) is 0 Å². The first-order chi connectivity index (χ1) is 9.65. The Morgan fingerprint density at radius 1 is 0.950 bits per heavy atom. The summed E-state index contributed by atoms with van der Waals surface area (Å²) in [5, 5.41) is 1.30. The third-order valence-electron chi connectivity index (χ3n) is 3.40. The van der Waals surface area contributed by atoms with Gasteiger partial charge in [0, 0.05) is 17.3 Å². The summed E-state index contributed by atoms with van der Waals surface area (Å²) in [4.78, 5) is 0. The molecule has 0 N–H and O–H groups in total. The van der Waals surface area contributed by atoms with Crippen molar-refractivity contribution in [1.29, 1.82) is 0 Å². The van der Waals surface area contributed by atoms with Gasteiger partial charge in [-0.25, -0.2) is 0 Å². The molecule has 0 saturated heterocycles. The largest absolute Gasteiger partial charge is 0.491 e. The van der Waals surface area contributed by atoms with Gasteiger partial charge in [-0.1, -0.05) is 18.2 Å². The number of aromatic nitrogens is 1. The molecule has 0 aliphatic heterocycles. The molecule has 1 heterocycles. The van der Waals surface area contributed by atoms with Crippen LogP contribution in [0.2, 0.25) is 0 Å². The third kappa shape index (κ3) is 2.29. The maximum Gasteiger partial charge on any atom is 0.119 e. The summed E-state index contributed by atoms with van der Waals surface area (Å²) in [5.74, 6) is 0.914. The van der Waals surface area contributed by atoms with Crippen molar-refractivity contribution < 1.29 is 4.74 Å². The van der Waals surface area contributed by atoms with E-state index in [-0.39, 0.29) is 6.10 Å². The van der Waals surface area contributed by atoms with Crippen LogP contribution in [-0.4, -0.2) is 10.7 Å². The van der Waals surface area contributed by atoms with Gasteiger partial charge in [0.2, 0.25) is 0 Å². The molecule has 3 rings (SSSR count). The first kappa shape index (κ1) is 12.8. The summed E-state index contributed by atoms with van der Waals surface area (Å²) in [6.45, 7) is 6.22. The van der Waals surface area contributed by atoms with Crippen LogP contribution in [0.5, 0.6) is 5.75 Å². The monoisotopic (exact) mass is 265 g/mol. The molecule has 2 aromatic carbocycles. The molecule has 0 bridgehead atoms. The molecule has 0 unspecified atom stereocenters. The second-order valence-electron chi connectivity index (χ2n) is 5.36. The molecule has 20 heavy (non-hydrogen) atoms. The van der Waals surface area contributed by atoms with Gasteiger partial charge in [0.15, 0.2) is 0 Å². The fraction of sp³-hybridized carbons (Fsp3) is 0.222. The lowest BCUT2D eigenvalue weighted by molar-refractivity contribution is 0.242. The maximum atomic E-state index is 5.69. The highest BCUT2D eigenvalue weighted by molar-refractivity contribution is 5.85. The Morgan fingerprint density at radius 3 is 2.35 bits per heavy atom. The van der Waals surface area contributed by atoms with E-state index >= 15 is 0 Å². The Kier molecular flexibility index (Phi) is 3.23. The van der Waals surface area contributed by atoms with Crippen molar-refractivity contribution in [2.24, 2.45) is 0 Å². The number of hydrogen-bond acceptors (Lipinski definition) is 1. The minimum Gasteiger partial charge on any atom is -0.491 e. The zero-order valence-electron chi connectivity index (χ0n) is 12.1. The lowest BCUT2D eigenvalue weighted by atomic mass is 10.2. The van der Waals surface area contributed by atoms with Crippen molar-refractivity contribution in [1.82, 2.24) is 4.57 Å². The van der Waals surface area contributed by atoms with Gasteiger partial charge in [-0.3, -0.25) is 0 Å². The molecule has 1 aromatic heterocycles. The summed E-state index contributed by atoms with van der Waals surface area (Å²) in [5.41, 5.74) is 3.69. The Balaban J connectivity index is 2.03. The van der Waals surface area contributed by atoms with Crippen LogP contribution in [0.4, 0.5) is 0 Å². The van der Waals surface area contributed by atoms with Crippen LogP contribution in [0.3, 0.4) is 0 Å². The molecule has 0 aliphatic carbocycles. The van der Waals surface area contributed by atoms with Crippen molar-refractivity contribution in [2.75, 3.05) is 0 Å². The molecular formula is C18H19NO. The zero-order valence-corrected chi connectivity index (χ0v) is 12.1. The van der Waals surface area contributed by atoms with E-state index in [9.17, 15) is 0 Å². The van der Waals surface area contributed by atoms with Crippen LogP contribution >= 0.6 is 0 Å². The first-order valence-corrected chi connectivity index (χ1v) is 6.99.